The minimum absolute atomic E-state index is 0. The van der Waals surface area contributed by atoms with Gasteiger partial charge in [-0.25, -0.2) is 9.67 Å². The van der Waals surface area contributed by atoms with Crippen molar-refractivity contribution in [3.05, 3.63) is 47.5 Å². The van der Waals surface area contributed by atoms with Gasteiger partial charge in [0.15, 0.2) is 5.96 Å². The topological polar surface area (TPSA) is 70.4 Å². The fourth-order valence-corrected chi connectivity index (χ4v) is 3.37. The minimum atomic E-state index is 0. The third kappa shape index (κ3) is 6.16. The lowest BCUT2D eigenvalue weighted by atomic mass is 10.1. The summed E-state index contributed by atoms with van der Waals surface area (Å²) in [4.78, 5) is 11.2. The summed E-state index contributed by atoms with van der Waals surface area (Å²) >= 11 is 0. The Balaban J connectivity index is 0.00000280. The van der Waals surface area contributed by atoms with Crippen LogP contribution in [0.4, 0.5) is 0 Å². The summed E-state index contributed by atoms with van der Waals surface area (Å²) in [5.41, 5.74) is 1.33. The van der Waals surface area contributed by atoms with Crippen LogP contribution in [0, 0.1) is 6.92 Å². The molecule has 2 unspecified atom stereocenters. The Labute approximate surface area is 185 Å². The molecule has 1 aliphatic heterocycles. The number of aryl methyl sites for hydroxylation is 2. The maximum Gasteiger partial charge on any atom is 0.191 e. The Hall–Kier alpha value is -1.68. The molecule has 3 rings (SSSR count). The Bertz CT molecular complexity index is 759. The number of aromatic nitrogens is 3. The molecule has 0 spiro atoms. The number of guanidine groups is 1. The van der Waals surface area contributed by atoms with Crippen LogP contribution >= 0.6 is 24.0 Å². The van der Waals surface area contributed by atoms with Crippen LogP contribution in [0.2, 0.25) is 0 Å². The zero-order valence-corrected chi connectivity index (χ0v) is 19.6. The molecule has 154 valence electrons. The first-order valence-corrected chi connectivity index (χ1v) is 9.67. The number of halogens is 1. The van der Waals surface area contributed by atoms with E-state index in [1.54, 1.807) is 0 Å². The van der Waals surface area contributed by atoms with Crippen LogP contribution in [0.1, 0.15) is 30.6 Å². The van der Waals surface area contributed by atoms with Gasteiger partial charge in [-0.2, -0.15) is 5.10 Å². The molecule has 1 aromatic carbocycles. The molecule has 2 heterocycles. The van der Waals surface area contributed by atoms with E-state index >= 15 is 0 Å². The van der Waals surface area contributed by atoms with Crippen LogP contribution in [-0.4, -0.2) is 58.3 Å². The molecule has 7 nitrogen and oxygen atoms in total. The van der Waals surface area contributed by atoms with E-state index in [2.05, 4.69) is 74.9 Å². The zero-order valence-electron chi connectivity index (χ0n) is 17.2. The molecule has 1 aliphatic rings. The molecule has 8 heteroatoms. The fourth-order valence-electron chi connectivity index (χ4n) is 3.37. The molecule has 0 bridgehead atoms. The average molecular weight is 497 g/mol. The second-order valence-corrected chi connectivity index (χ2v) is 7.34. The van der Waals surface area contributed by atoms with Gasteiger partial charge in [0, 0.05) is 38.6 Å². The van der Waals surface area contributed by atoms with Gasteiger partial charge < -0.3 is 10.6 Å². The summed E-state index contributed by atoms with van der Waals surface area (Å²) in [6, 6.07) is 11.3. The van der Waals surface area contributed by atoms with Crippen LogP contribution in [-0.2, 0) is 19.5 Å². The molecular weight excluding hydrogens is 465 g/mol. The first-order chi connectivity index (χ1) is 13.0. The quantitative estimate of drug-likeness (QED) is 0.364. The predicted molar refractivity (Wildman–Crippen MR) is 124 cm³/mol. The Kier molecular flexibility index (Phi) is 8.68. The smallest absolute Gasteiger partial charge is 0.191 e. The number of hydrogen-bond acceptors (Lipinski definition) is 4. The van der Waals surface area contributed by atoms with Crippen molar-refractivity contribution in [2.24, 2.45) is 4.99 Å². The van der Waals surface area contributed by atoms with Crippen LogP contribution in [0.25, 0.3) is 0 Å². The lowest BCUT2D eigenvalue weighted by molar-refractivity contribution is 0.249. The molecule has 2 atom stereocenters. The van der Waals surface area contributed by atoms with E-state index in [-0.39, 0.29) is 24.0 Å². The van der Waals surface area contributed by atoms with Crippen molar-refractivity contribution in [2.45, 2.75) is 51.9 Å². The Morgan fingerprint density at radius 3 is 2.82 bits per heavy atom. The van der Waals surface area contributed by atoms with Gasteiger partial charge in [-0.15, -0.1) is 24.0 Å². The highest BCUT2D eigenvalue weighted by molar-refractivity contribution is 14.0. The largest absolute Gasteiger partial charge is 0.355 e. The third-order valence-electron chi connectivity index (χ3n) is 5.12. The van der Waals surface area contributed by atoms with Gasteiger partial charge in [0.05, 0.1) is 6.54 Å². The maximum atomic E-state index is 4.47. The van der Waals surface area contributed by atoms with Crippen molar-refractivity contribution < 1.29 is 0 Å². The van der Waals surface area contributed by atoms with E-state index in [1.165, 1.54) is 5.56 Å². The number of nitrogens with zero attached hydrogens (tertiary/aromatic N) is 5. The van der Waals surface area contributed by atoms with E-state index in [4.69, 9.17) is 0 Å². The van der Waals surface area contributed by atoms with Crippen LogP contribution in [0.15, 0.2) is 35.3 Å². The lowest BCUT2D eigenvalue weighted by Gasteiger charge is -2.28. The van der Waals surface area contributed by atoms with E-state index in [0.717, 1.165) is 50.1 Å². The minimum Gasteiger partial charge on any atom is -0.355 e. The molecule has 28 heavy (non-hydrogen) atoms. The number of nitrogens with one attached hydrogen (secondary N) is 2. The lowest BCUT2D eigenvalue weighted by Crippen LogP contribution is -2.49. The molecule has 0 amide bonds. The van der Waals surface area contributed by atoms with Gasteiger partial charge in [-0.1, -0.05) is 30.3 Å². The maximum absolute atomic E-state index is 4.47. The molecule has 0 radical (unpaired) electrons. The van der Waals surface area contributed by atoms with Crippen LogP contribution in [0.3, 0.4) is 0 Å². The average Bonchev–Trinajstić information content (AvgIpc) is 3.04. The summed E-state index contributed by atoms with van der Waals surface area (Å²) in [6.45, 7) is 6.78. The number of benzene rings is 1. The van der Waals surface area contributed by atoms with Gasteiger partial charge in [0.25, 0.3) is 0 Å². The van der Waals surface area contributed by atoms with Crippen LogP contribution < -0.4 is 10.6 Å². The van der Waals surface area contributed by atoms with Gasteiger partial charge in [0.2, 0.25) is 0 Å². The molecule has 0 aliphatic carbocycles. The standard InChI is InChI=1S/C20H31N7.HI/c1-15(26(4)13-17-8-6-5-7-9-17)12-22-20(21-3)24-18-10-11-19-23-16(2)25-27(19)14-18;/h5-9,15,18H,10-14H2,1-4H3,(H2,21,22,24);1H. The molecule has 0 saturated carbocycles. The van der Waals surface area contributed by atoms with Gasteiger partial charge in [0.1, 0.15) is 11.6 Å². The molecule has 0 saturated heterocycles. The third-order valence-corrected chi connectivity index (χ3v) is 5.12. The second kappa shape index (κ2) is 10.8. The first-order valence-electron chi connectivity index (χ1n) is 9.67. The van der Waals surface area contributed by atoms with Crippen LogP contribution in [0.5, 0.6) is 0 Å². The number of likely N-dealkylation sites (N-methyl/N-ethyl adjacent to an activating group) is 1. The first kappa shape index (κ1) is 22.6. The molecule has 2 N–H and O–H groups in total. The van der Waals surface area contributed by atoms with Gasteiger partial charge in [-0.05, 0) is 32.9 Å². The van der Waals surface area contributed by atoms with Crippen molar-refractivity contribution in [3.8, 4) is 0 Å². The van der Waals surface area contributed by atoms with Crippen molar-refractivity contribution in [2.75, 3.05) is 20.6 Å². The normalized spacial score (nSPS) is 17.6. The van der Waals surface area contributed by atoms with Gasteiger partial charge in [-0.3, -0.25) is 9.89 Å². The van der Waals surface area contributed by atoms with Crippen molar-refractivity contribution in [1.82, 2.24) is 30.3 Å². The van der Waals surface area contributed by atoms with Crippen molar-refractivity contribution in [3.63, 3.8) is 0 Å². The van der Waals surface area contributed by atoms with E-state index in [0.29, 0.717) is 12.1 Å². The number of rotatable bonds is 6. The van der Waals surface area contributed by atoms with E-state index < -0.39 is 0 Å². The SMILES string of the molecule is CN=C(NCC(C)N(C)Cc1ccccc1)NC1CCc2nc(C)nn2C1.I. The number of hydrogen-bond donors (Lipinski definition) is 2. The highest BCUT2D eigenvalue weighted by Gasteiger charge is 2.21. The molecule has 1 aromatic heterocycles. The highest BCUT2D eigenvalue weighted by atomic mass is 127. The van der Waals surface area contributed by atoms with E-state index in [9.17, 15) is 0 Å². The molecule has 0 fully saturated rings. The monoisotopic (exact) mass is 497 g/mol. The Morgan fingerprint density at radius 2 is 2.11 bits per heavy atom. The number of fused-ring (bicyclic) bond motifs is 1. The van der Waals surface area contributed by atoms with Gasteiger partial charge >= 0.3 is 0 Å². The summed E-state index contributed by atoms with van der Waals surface area (Å²) in [7, 11) is 3.98. The summed E-state index contributed by atoms with van der Waals surface area (Å²) in [5, 5.41) is 11.5. The number of aliphatic imine (C=N–C) groups is 1. The summed E-state index contributed by atoms with van der Waals surface area (Å²) in [5.74, 6) is 2.79. The van der Waals surface area contributed by atoms with E-state index in [1.807, 2.05) is 18.7 Å². The highest BCUT2D eigenvalue weighted by Crippen LogP contribution is 2.12. The summed E-state index contributed by atoms with van der Waals surface area (Å²) in [6.07, 6.45) is 1.99. The summed E-state index contributed by atoms with van der Waals surface area (Å²) < 4.78 is 2.01. The Morgan fingerprint density at radius 1 is 1.36 bits per heavy atom. The molecule has 2 aromatic rings. The fraction of sp³-hybridized carbons (Fsp3) is 0.550. The molecular formula is C20H32IN7. The zero-order chi connectivity index (χ0) is 19.2. The predicted octanol–water partition coefficient (Wildman–Crippen LogP) is 2.20. The second-order valence-electron chi connectivity index (χ2n) is 7.34. The van der Waals surface area contributed by atoms with Crippen molar-refractivity contribution in [1.29, 1.82) is 0 Å². The van der Waals surface area contributed by atoms with Crippen molar-refractivity contribution >= 4 is 29.9 Å².